The monoisotopic (exact) mass is 328 g/mol. The Balaban J connectivity index is 6.07. The van der Waals surface area contributed by atoms with Crippen molar-refractivity contribution in [3.05, 3.63) is 0 Å². The quantitative estimate of drug-likeness (QED) is 0.534. The van der Waals surface area contributed by atoms with Gasteiger partial charge in [-0.15, -0.1) is 0 Å². The van der Waals surface area contributed by atoms with Gasteiger partial charge in [-0.05, 0) is 0 Å². The standard InChI is InChI=1S/C6H4Cl4O7/c7-5(8,2(13)14)4(17,1(11)12)6(9,10)3(15)16/h17H,(H,11,12)(H,13,14)(H,15,16). The van der Waals surface area contributed by atoms with Crippen LogP contribution in [0.1, 0.15) is 0 Å². The Morgan fingerprint density at radius 1 is 0.706 bits per heavy atom. The Morgan fingerprint density at radius 2 is 0.941 bits per heavy atom. The van der Waals surface area contributed by atoms with Crippen molar-refractivity contribution in [1.82, 2.24) is 0 Å². The van der Waals surface area contributed by atoms with Gasteiger partial charge in [0.2, 0.25) is 5.60 Å². The number of halogens is 4. The average molecular weight is 330 g/mol. The highest BCUT2D eigenvalue weighted by molar-refractivity contribution is 6.65. The first-order valence-electron chi connectivity index (χ1n) is 3.51. The normalized spacial score (nSPS) is 13.2. The zero-order valence-corrected chi connectivity index (χ0v) is 10.5. The fraction of sp³-hybridized carbons (Fsp3) is 0.500. The molecule has 0 aromatic rings. The summed E-state index contributed by atoms with van der Waals surface area (Å²) in [5.74, 6) is -6.90. The molecule has 0 aliphatic heterocycles. The van der Waals surface area contributed by atoms with Crippen LogP contribution in [0.5, 0.6) is 0 Å². The predicted octanol–water partition coefficient (Wildman–Crippen LogP) is 0.319. The van der Waals surface area contributed by atoms with E-state index in [1.165, 1.54) is 0 Å². The van der Waals surface area contributed by atoms with E-state index in [9.17, 15) is 19.5 Å². The Hall–Kier alpha value is -0.470. The van der Waals surface area contributed by atoms with Crippen molar-refractivity contribution in [2.75, 3.05) is 0 Å². The molecule has 98 valence electrons. The maximum absolute atomic E-state index is 10.8. The van der Waals surface area contributed by atoms with Crippen molar-refractivity contribution >= 4 is 64.3 Å². The molecule has 0 atom stereocenters. The summed E-state index contributed by atoms with van der Waals surface area (Å²) in [7, 11) is 0. The largest absolute Gasteiger partial charge is 0.479 e. The average Bonchev–Trinajstić information content (AvgIpc) is 2.14. The van der Waals surface area contributed by atoms with Crippen LogP contribution in [0.25, 0.3) is 0 Å². The van der Waals surface area contributed by atoms with Gasteiger partial charge < -0.3 is 20.4 Å². The Bertz CT molecular complexity index is 351. The highest BCUT2D eigenvalue weighted by Gasteiger charge is 2.73. The second kappa shape index (κ2) is 4.66. The molecule has 4 N–H and O–H groups in total. The summed E-state index contributed by atoms with van der Waals surface area (Å²) in [6, 6.07) is 0. The molecule has 7 nitrogen and oxygen atoms in total. The molecule has 0 aromatic carbocycles. The Labute approximate surface area is 113 Å². The summed E-state index contributed by atoms with van der Waals surface area (Å²) in [6.07, 6.45) is 0. The van der Waals surface area contributed by atoms with Gasteiger partial charge in [-0.2, -0.15) is 0 Å². The summed E-state index contributed by atoms with van der Waals surface area (Å²) in [5.41, 5.74) is -3.89. The van der Waals surface area contributed by atoms with Crippen LogP contribution in [-0.4, -0.2) is 52.6 Å². The molecule has 0 saturated carbocycles. The molecule has 0 aliphatic rings. The number of carboxylic acid groups (broad SMARTS) is 3. The van der Waals surface area contributed by atoms with Crippen LogP contribution in [0.3, 0.4) is 0 Å². The summed E-state index contributed by atoms with van der Waals surface area (Å²) >= 11 is 20.4. The molecule has 0 fully saturated rings. The number of carbonyl (C=O) groups is 3. The van der Waals surface area contributed by atoms with Crippen LogP contribution >= 0.6 is 46.4 Å². The van der Waals surface area contributed by atoms with Gasteiger partial charge in [0, 0.05) is 0 Å². The summed E-state index contributed by atoms with van der Waals surface area (Å²) < 4.78 is -6.97. The van der Waals surface area contributed by atoms with Gasteiger partial charge in [-0.3, -0.25) is 0 Å². The van der Waals surface area contributed by atoms with Crippen molar-refractivity contribution in [3.8, 4) is 0 Å². The number of hydrogen-bond donors (Lipinski definition) is 4. The van der Waals surface area contributed by atoms with E-state index in [4.69, 9.17) is 61.7 Å². The van der Waals surface area contributed by atoms with Gasteiger partial charge >= 0.3 is 17.9 Å². The molecule has 11 heteroatoms. The minimum absolute atomic E-state index is 2.24. The number of aliphatic hydroxyl groups is 1. The van der Waals surface area contributed by atoms with E-state index in [0.717, 1.165) is 0 Å². The Morgan fingerprint density at radius 3 is 1.06 bits per heavy atom. The van der Waals surface area contributed by atoms with Crippen LogP contribution in [0.4, 0.5) is 0 Å². The smallest absolute Gasteiger partial charge is 0.344 e. The summed E-state index contributed by atoms with van der Waals surface area (Å²) in [5, 5.41) is 35.4. The first-order valence-corrected chi connectivity index (χ1v) is 5.02. The SMILES string of the molecule is O=C(O)C(Cl)(Cl)C(O)(C(=O)O)C(Cl)(Cl)C(=O)O. The molecule has 0 radical (unpaired) electrons. The zero-order valence-electron chi connectivity index (χ0n) is 7.53. The molecule has 17 heavy (non-hydrogen) atoms. The van der Waals surface area contributed by atoms with Crippen LogP contribution in [0, 0.1) is 0 Å². The lowest BCUT2D eigenvalue weighted by molar-refractivity contribution is -0.173. The summed E-state index contributed by atoms with van der Waals surface area (Å²) in [6.45, 7) is 0. The second-order valence-corrected chi connectivity index (χ2v) is 5.43. The minimum atomic E-state index is -3.89. The fourth-order valence-corrected chi connectivity index (χ4v) is 1.86. The van der Waals surface area contributed by atoms with Crippen molar-refractivity contribution < 1.29 is 34.8 Å². The van der Waals surface area contributed by atoms with E-state index in [0.29, 0.717) is 0 Å². The van der Waals surface area contributed by atoms with Gasteiger partial charge in [0.25, 0.3) is 8.67 Å². The third kappa shape index (κ3) is 2.25. The molecule has 0 aromatic heterocycles. The molecular formula is C6H4Cl4O7. The second-order valence-electron chi connectivity index (χ2n) is 2.77. The van der Waals surface area contributed by atoms with Crippen molar-refractivity contribution in [2.45, 2.75) is 14.3 Å². The van der Waals surface area contributed by atoms with Gasteiger partial charge in [0.15, 0.2) is 0 Å². The zero-order chi connectivity index (χ0) is 14.2. The predicted molar refractivity (Wildman–Crippen MR) is 56.7 cm³/mol. The molecule has 0 spiro atoms. The van der Waals surface area contributed by atoms with E-state index < -0.39 is 32.2 Å². The highest BCUT2D eigenvalue weighted by Crippen LogP contribution is 2.47. The number of hydrogen-bond acceptors (Lipinski definition) is 4. The van der Waals surface area contributed by atoms with E-state index in [2.05, 4.69) is 0 Å². The van der Waals surface area contributed by atoms with Gasteiger partial charge in [0.05, 0.1) is 0 Å². The van der Waals surface area contributed by atoms with Crippen LogP contribution < -0.4 is 0 Å². The molecule has 0 saturated heterocycles. The number of carboxylic acids is 3. The lowest BCUT2D eigenvalue weighted by Crippen LogP contribution is -2.68. The highest BCUT2D eigenvalue weighted by atomic mass is 35.5. The van der Waals surface area contributed by atoms with E-state index in [1.54, 1.807) is 0 Å². The van der Waals surface area contributed by atoms with E-state index in [1.807, 2.05) is 0 Å². The third-order valence-corrected chi connectivity index (χ3v) is 3.50. The van der Waals surface area contributed by atoms with E-state index >= 15 is 0 Å². The maximum Gasteiger partial charge on any atom is 0.344 e. The molecular weight excluding hydrogens is 326 g/mol. The van der Waals surface area contributed by atoms with Gasteiger partial charge in [-0.1, -0.05) is 46.4 Å². The van der Waals surface area contributed by atoms with E-state index in [-0.39, 0.29) is 0 Å². The molecule has 0 bridgehead atoms. The van der Waals surface area contributed by atoms with Gasteiger partial charge in [0.1, 0.15) is 0 Å². The number of aliphatic carboxylic acids is 3. The molecule has 0 rings (SSSR count). The molecule has 0 heterocycles. The molecule has 0 amide bonds. The maximum atomic E-state index is 10.8. The van der Waals surface area contributed by atoms with Crippen molar-refractivity contribution in [3.63, 3.8) is 0 Å². The third-order valence-electron chi connectivity index (χ3n) is 1.76. The molecule has 0 unspecified atom stereocenters. The number of alkyl halides is 4. The first-order chi connectivity index (χ1) is 7.33. The van der Waals surface area contributed by atoms with Gasteiger partial charge in [-0.25, -0.2) is 14.4 Å². The topological polar surface area (TPSA) is 132 Å². The molecule has 0 aliphatic carbocycles. The van der Waals surface area contributed by atoms with Crippen molar-refractivity contribution in [1.29, 1.82) is 0 Å². The summed E-state index contributed by atoms with van der Waals surface area (Å²) in [4.78, 5) is 32.1. The lowest BCUT2D eigenvalue weighted by Gasteiger charge is -2.37. The van der Waals surface area contributed by atoms with Crippen LogP contribution in [-0.2, 0) is 14.4 Å². The Kier molecular flexibility index (Phi) is 4.53. The van der Waals surface area contributed by atoms with Crippen LogP contribution in [0.15, 0.2) is 0 Å². The first kappa shape index (κ1) is 16.5. The van der Waals surface area contributed by atoms with Crippen molar-refractivity contribution in [2.24, 2.45) is 0 Å². The lowest BCUT2D eigenvalue weighted by atomic mass is 9.93. The fourth-order valence-electron chi connectivity index (χ4n) is 0.775. The minimum Gasteiger partial charge on any atom is -0.479 e. The number of rotatable bonds is 5. The van der Waals surface area contributed by atoms with Crippen LogP contribution in [0.2, 0.25) is 0 Å².